The molecule has 2 aromatic heterocycles. The van der Waals surface area contributed by atoms with Gasteiger partial charge in [-0.1, -0.05) is 54.6 Å². The number of benzene rings is 2. The molecule has 2 aromatic carbocycles. The van der Waals surface area contributed by atoms with Crippen LogP contribution in [0.4, 0.5) is 0 Å². The molecule has 0 aliphatic rings. The Bertz CT molecular complexity index is 1160. The van der Waals surface area contributed by atoms with Crippen molar-refractivity contribution in [1.29, 1.82) is 0 Å². The van der Waals surface area contributed by atoms with Crippen molar-refractivity contribution in [2.75, 3.05) is 0 Å². The molecule has 2 heterocycles. The summed E-state index contributed by atoms with van der Waals surface area (Å²) in [6.07, 6.45) is 3.41. The monoisotopic (exact) mass is 366 g/mol. The van der Waals surface area contributed by atoms with Crippen LogP contribution in [0.15, 0.2) is 90.3 Å². The number of para-hydroxylation sites is 1. The smallest absolute Gasteiger partial charge is 0.267 e. The van der Waals surface area contributed by atoms with Gasteiger partial charge in [-0.25, -0.2) is 10.4 Å². The van der Waals surface area contributed by atoms with Gasteiger partial charge in [-0.05, 0) is 25.1 Å². The van der Waals surface area contributed by atoms with Crippen molar-refractivity contribution in [3.8, 4) is 11.3 Å². The lowest BCUT2D eigenvalue weighted by atomic mass is 10.0. The summed E-state index contributed by atoms with van der Waals surface area (Å²) in [5, 5.41) is 5.02. The average molecular weight is 366 g/mol. The minimum Gasteiger partial charge on any atom is -0.267 e. The molecule has 1 amide bonds. The molecule has 0 saturated carbocycles. The van der Waals surface area contributed by atoms with E-state index in [1.54, 1.807) is 12.4 Å². The Balaban J connectivity index is 1.72. The summed E-state index contributed by atoms with van der Waals surface area (Å²) < 4.78 is 0. The van der Waals surface area contributed by atoms with Gasteiger partial charge >= 0.3 is 0 Å². The van der Waals surface area contributed by atoms with Crippen LogP contribution in [0.25, 0.3) is 22.2 Å². The molecule has 4 aromatic rings. The third-order valence-corrected chi connectivity index (χ3v) is 4.43. The summed E-state index contributed by atoms with van der Waals surface area (Å²) in [5.74, 6) is -0.279. The number of nitrogens with zero attached hydrogens (tertiary/aromatic N) is 3. The Labute approximate surface area is 162 Å². The Morgan fingerprint density at radius 3 is 2.54 bits per heavy atom. The van der Waals surface area contributed by atoms with Crippen molar-refractivity contribution >= 4 is 22.5 Å². The van der Waals surface area contributed by atoms with E-state index >= 15 is 0 Å². The number of aromatic nitrogens is 2. The van der Waals surface area contributed by atoms with Gasteiger partial charge in [0.15, 0.2) is 0 Å². The first-order valence-electron chi connectivity index (χ1n) is 8.92. The van der Waals surface area contributed by atoms with Gasteiger partial charge in [0.05, 0.1) is 22.5 Å². The lowest BCUT2D eigenvalue weighted by molar-refractivity contribution is 0.0956. The van der Waals surface area contributed by atoms with E-state index in [1.165, 1.54) is 0 Å². The van der Waals surface area contributed by atoms with Gasteiger partial charge in [0.25, 0.3) is 5.91 Å². The van der Waals surface area contributed by atoms with E-state index in [-0.39, 0.29) is 5.91 Å². The number of carbonyl (C=O) groups is 1. The number of hydrogen-bond acceptors (Lipinski definition) is 4. The normalized spacial score (nSPS) is 11.4. The number of pyridine rings is 2. The SMILES string of the molecule is CC(=NNC(=O)c1cc(-c2ccccc2)nc2ccccc12)c1cccnc1. The quantitative estimate of drug-likeness (QED) is 0.429. The summed E-state index contributed by atoms with van der Waals surface area (Å²) in [5.41, 5.74) is 7.20. The molecule has 0 bridgehead atoms. The number of hydrogen-bond donors (Lipinski definition) is 1. The predicted molar refractivity (Wildman–Crippen MR) is 111 cm³/mol. The summed E-state index contributed by atoms with van der Waals surface area (Å²) in [6.45, 7) is 1.83. The first-order valence-corrected chi connectivity index (χ1v) is 8.92. The highest BCUT2D eigenvalue weighted by atomic mass is 16.2. The van der Waals surface area contributed by atoms with Crippen molar-refractivity contribution in [2.24, 2.45) is 5.10 Å². The number of carbonyl (C=O) groups excluding carboxylic acids is 1. The molecule has 4 rings (SSSR count). The lowest BCUT2D eigenvalue weighted by Gasteiger charge is -2.09. The molecule has 0 unspecified atom stereocenters. The van der Waals surface area contributed by atoms with Crippen molar-refractivity contribution in [3.63, 3.8) is 0 Å². The second kappa shape index (κ2) is 7.80. The number of fused-ring (bicyclic) bond motifs is 1. The molecule has 0 fully saturated rings. The number of amides is 1. The van der Waals surface area contributed by atoms with Gasteiger partial charge in [-0.15, -0.1) is 0 Å². The Morgan fingerprint density at radius 2 is 1.75 bits per heavy atom. The van der Waals surface area contributed by atoms with Gasteiger partial charge in [0.2, 0.25) is 0 Å². The molecule has 0 radical (unpaired) electrons. The van der Waals surface area contributed by atoms with Crippen molar-refractivity contribution in [3.05, 3.63) is 96.3 Å². The fraction of sp³-hybridized carbons (Fsp3) is 0.0435. The highest BCUT2D eigenvalue weighted by Gasteiger charge is 2.13. The summed E-state index contributed by atoms with van der Waals surface area (Å²) in [6, 6.07) is 23.0. The van der Waals surface area contributed by atoms with E-state index < -0.39 is 0 Å². The van der Waals surface area contributed by atoms with Crippen LogP contribution < -0.4 is 5.43 Å². The summed E-state index contributed by atoms with van der Waals surface area (Å²) in [4.78, 5) is 21.7. The highest BCUT2D eigenvalue weighted by Crippen LogP contribution is 2.24. The van der Waals surface area contributed by atoms with Crippen LogP contribution in [0, 0.1) is 0 Å². The second-order valence-electron chi connectivity index (χ2n) is 6.32. The van der Waals surface area contributed by atoms with Crippen LogP contribution in [0.3, 0.4) is 0 Å². The first-order chi connectivity index (χ1) is 13.7. The van der Waals surface area contributed by atoms with E-state index in [4.69, 9.17) is 4.98 Å². The highest BCUT2D eigenvalue weighted by molar-refractivity contribution is 6.08. The standard InChI is InChI=1S/C23H18N4O/c1-16(18-10-7-13-24-15-18)26-27-23(28)20-14-22(17-8-3-2-4-9-17)25-21-12-6-5-11-19(20)21/h2-15H,1H3,(H,27,28). The van der Waals surface area contributed by atoms with Crippen molar-refractivity contribution < 1.29 is 4.79 Å². The van der Waals surface area contributed by atoms with Gasteiger partial charge in [0.1, 0.15) is 0 Å². The van der Waals surface area contributed by atoms with Crippen LogP contribution in [0.2, 0.25) is 0 Å². The van der Waals surface area contributed by atoms with Crippen LogP contribution in [0.5, 0.6) is 0 Å². The average Bonchev–Trinajstić information content (AvgIpc) is 2.77. The fourth-order valence-corrected chi connectivity index (χ4v) is 2.96. The molecule has 5 nitrogen and oxygen atoms in total. The Kier molecular flexibility index (Phi) is 4.89. The molecule has 136 valence electrons. The summed E-state index contributed by atoms with van der Waals surface area (Å²) >= 11 is 0. The maximum absolute atomic E-state index is 12.9. The zero-order valence-corrected chi connectivity index (χ0v) is 15.3. The molecule has 1 N–H and O–H groups in total. The van der Waals surface area contributed by atoms with Crippen LogP contribution in [0.1, 0.15) is 22.8 Å². The molecule has 0 aliphatic heterocycles. The third-order valence-electron chi connectivity index (χ3n) is 4.43. The van der Waals surface area contributed by atoms with Crippen LogP contribution >= 0.6 is 0 Å². The van der Waals surface area contributed by atoms with Gasteiger partial charge in [0, 0.05) is 28.9 Å². The number of hydrazone groups is 1. The van der Waals surface area contributed by atoms with Crippen molar-refractivity contribution in [2.45, 2.75) is 6.92 Å². The van der Waals surface area contributed by atoms with Crippen LogP contribution in [-0.2, 0) is 0 Å². The largest absolute Gasteiger partial charge is 0.272 e. The minimum absolute atomic E-state index is 0.279. The third kappa shape index (κ3) is 3.64. The van der Waals surface area contributed by atoms with Crippen LogP contribution in [-0.4, -0.2) is 21.6 Å². The number of rotatable bonds is 4. The zero-order valence-electron chi connectivity index (χ0n) is 15.3. The Hall–Kier alpha value is -3.86. The van der Waals surface area contributed by atoms with Gasteiger partial charge < -0.3 is 0 Å². The van der Waals surface area contributed by atoms with E-state index in [0.29, 0.717) is 11.3 Å². The van der Waals surface area contributed by atoms with Crippen molar-refractivity contribution in [1.82, 2.24) is 15.4 Å². The molecule has 5 heteroatoms. The van der Waals surface area contributed by atoms with E-state index in [9.17, 15) is 4.79 Å². The first kappa shape index (κ1) is 17.5. The second-order valence-corrected chi connectivity index (χ2v) is 6.32. The summed E-state index contributed by atoms with van der Waals surface area (Å²) in [7, 11) is 0. The predicted octanol–water partition coefficient (Wildman–Crippen LogP) is 4.45. The minimum atomic E-state index is -0.279. The lowest BCUT2D eigenvalue weighted by Crippen LogP contribution is -2.20. The van der Waals surface area contributed by atoms with E-state index in [1.807, 2.05) is 79.7 Å². The molecule has 0 atom stereocenters. The molecule has 0 aliphatic carbocycles. The van der Waals surface area contributed by atoms with E-state index in [2.05, 4.69) is 15.5 Å². The molecular formula is C23H18N4O. The number of nitrogens with one attached hydrogen (secondary N) is 1. The molecule has 0 saturated heterocycles. The molecule has 28 heavy (non-hydrogen) atoms. The molecule has 0 spiro atoms. The maximum atomic E-state index is 12.9. The Morgan fingerprint density at radius 1 is 0.964 bits per heavy atom. The topological polar surface area (TPSA) is 67.2 Å². The van der Waals surface area contributed by atoms with Gasteiger partial charge in [-0.3, -0.25) is 9.78 Å². The molecular weight excluding hydrogens is 348 g/mol. The maximum Gasteiger partial charge on any atom is 0.272 e. The van der Waals surface area contributed by atoms with Gasteiger partial charge in [-0.2, -0.15) is 5.10 Å². The van der Waals surface area contributed by atoms with E-state index in [0.717, 1.165) is 27.7 Å². The fourth-order valence-electron chi connectivity index (χ4n) is 2.96. The zero-order chi connectivity index (χ0) is 19.3.